The van der Waals surface area contributed by atoms with E-state index in [0.29, 0.717) is 10.9 Å². The van der Waals surface area contributed by atoms with Crippen LogP contribution in [0.5, 0.6) is 0 Å². The first-order valence-corrected chi connectivity index (χ1v) is 13.5. The Morgan fingerprint density at radius 2 is 1.46 bits per heavy atom. The van der Waals surface area contributed by atoms with Crippen LogP contribution in [0.3, 0.4) is 0 Å². The van der Waals surface area contributed by atoms with Crippen molar-refractivity contribution in [3.05, 3.63) is 70.7 Å². The molecule has 2 saturated carbocycles. The monoisotopic (exact) mass is 491 g/mol. The SMILES string of the molecule is O=C(C1CC12CCN(C(=O)C1(c3ccc(Cl)cc3)CC1)CC2)N1CCN(Cc2ccccc2)CC1. The molecule has 1 atom stereocenters. The number of likely N-dealkylation sites (tertiary alicyclic amines) is 1. The normalized spacial score (nSPS) is 24.9. The van der Waals surface area contributed by atoms with Crippen LogP contribution in [-0.2, 0) is 21.5 Å². The Bertz CT molecular complexity index is 1080. The molecule has 1 unspecified atom stereocenters. The van der Waals surface area contributed by atoms with Gasteiger partial charge >= 0.3 is 0 Å². The van der Waals surface area contributed by atoms with Crippen molar-refractivity contribution in [2.45, 2.75) is 44.1 Å². The van der Waals surface area contributed by atoms with Gasteiger partial charge in [-0.2, -0.15) is 0 Å². The number of piperazine rings is 1. The first kappa shape index (κ1) is 23.1. The van der Waals surface area contributed by atoms with Gasteiger partial charge in [0.1, 0.15) is 0 Å². The molecule has 6 heteroatoms. The molecule has 35 heavy (non-hydrogen) atoms. The van der Waals surface area contributed by atoms with E-state index in [-0.39, 0.29) is 22.7 Å². The van der Waals surface area contributed by atoms with E-state index in [4.69, 9.17) is 11.6 Å². The maximum atomic E-state index is 13.4. The van der Waals surface area contributed by atoms with E-state index in [2.05, 4.69) is 45.0 Å². The van der Waals surface area contributed by atoms with E-state index in [9.17, 15) is 9.59 Å². The highest BCUT2D eigenvalue weighted by Crippen LogP contribution is 2.60. The number of hydrogen-bond acceptors (Lipinski definition) is 3. The van der Waals surface area contributed by atoms with Gasteiger partial charge in [-0.25, -0.2) is 0 Å². The van der Waals surface area contributed by atoms with E-state index in [1.165, 1.54) is 5.56 Å². The minimum absolute atomic E-state index is 0.131. The molecule has 2 heterocycles. The number of nitrogens with zero attached hydrogens (tertiary/aromatic N) is 3. The summed E-state index contributed by atoms with van der Waals surface area (Å²) in [5.74, 6) is 0.781. The van der Waals surface area contributed by atoms with Crippen LogP contribution < -0.4 is 0 Å². The highest BCUT2D eigenvalue weighted by Gasteiger charge is 2.61. The Morgan fingerprint density at radius 3 is 2.09 bits per heavy atom. The molecule has 1 spiro atoms. The van der Waals surface area contributed by atoms with Crippen molar-refractivity contribution in [1.29, 1.82) is 0 Å². The number of rotatable bonds is 5. The molecule has 2 amide bonds. The van der Waals surface area contributed by atoms with Crippen LogP contribution in [-0.4, -0.2) is 65.8 Å². The quantitative estimate of drug-likeness (QED) is 0.624. The number of carbonyl (C=O) groups excluding carboxylic acids is 2. The Morgan fingerprint density at radius 1 is 0.800 bits per heavy atom. The van der Waals surface area contributed by atoms with Gasteiger partial charge in [-0.1, -0.05) is 54.1 Å². The minimum atomic E-state index is -0.340. The maximum Gasteiger partial charge on any atom is 0.233 e. The number of carbonyl (C=O) groups is 2. The molecule has 2 aromatic rings. The minimum Gasteiger partial charge on any atom is -0.342 e. The molecule has 2 aromatic carbocycles. The second-order valence-corrected chi connectivity index (χ2v) is 11.5. The molecule has 5 nitrogen and oxygen atoms in total. The third kappa shape index (κ3) is 4.38. The number of amides is 2. The largest absolute Gasteiger partial charge is 0.342 e. The molecule has 4 fully saturated rings. The topological polar surface area (TPSA) is 43.9 Å². The third-order valence-corrected chi connectivity index (χ3v) is 9.28. The number of halogens is 1. The summed E-state index contributed by atoms with van der Waals surface area (Å²) >= 11 is 6.06. The van der Waals surface area contributed by atoms with Crippen LogP contribution in [0.4, 0.5) is 0 Å². The van der Waals surface area contributed by atoms with Gasteiger partial charge in [-0.15, -0.1) is 0 Å². The van der Waals surface area contributed by atoms with Gasteiger partial charge < -0.3 is 9.80 Å². The predicted molar refractivity (Wildman–Crippen MR) is 137 cm³/mol. The van der Waals surface area contributed by atoms with Crippen molar-refractivity contribution in [2.75, 3.05) is 39.3 Å². The van der Waals surface area contributed by atoms with E-state index in [1.807, 2.05) is 24.3 Å². The van der Waals surface area contributed by atoms with E-state index in [1.54, 1.807) is 0 Å². The lowest BCUT2D eigenvalue weighted by molar-refractivity contribution is -0.137. The fraction of sp³-hybridized carbons (Fsp3) is 0.517. The molecule has 2 aliphatic heterocycles. The standard InChI is InChI=1S/C29H34ClN3O2/c30-24-8-6-23(7-9-24)29(10-11-29)27(35)33-14-12-28(13-15-33)20-25(28)26(34)32-18-16-31(17-19-32)21-22-4-2-1-3-5-22/h1-9,25H,10-21H2. The lowest BCUT2D eigenvalue weighted by atomic mass is 9.88. The van der Waals surface area contributed by atoms with Crippen molar-refractivity contribution in [2.24, 2.45) is 11.3 Å². The predicted octanol–water partition coefficient (Wildman–Crippen LogP) is 4.34. The van der Waals surface area contributed by atoms with E-state index >= 15 is 0 Å². The van der Waals surface area contributed by atoms with Crippen molar-refractivity contribution in [3.8, 4) is 0 Å². The van der Waals surface area contributed by atoms with Crippen LogP contribution in [0, 0.1) is 11.3 Å². The highest BCUT2D eigenvalue weighted by molar-refractivity contribution is 6.30. The summed E-state index contributed by atoms with van der Waals surface area (Å²) in [7, 11) is 0. The van der Waals surface area contributed by atoms with E-state index < -0.39 is 0 Å². The zero-order chi connectivity index (χ0) is 24.0. The lowest BCUT2D eigenvalue weighted by Crippen LogP contribution is -2.49. The van der Waals surface area contributed by atoms with Gasteiger partial charge in [0.2, 0.25) is 11.8 Å². The molecule has 0 bridgehead atoms. The number of hydrogen-bond donors (Lipinski definition) is 0. The summed E-state index contributed by atoms with van der Waals surface area (Å²) in [6, 6.07) is 18.4. The summed E-state index contributed by atoms with van der Waals surface area (Å²) in [4.78, 5) is 33.4. The molecular weight excluding hydrogens is 458 g/mol. The van der Waals surface area contributed by atoms with Gasteiger partial charge in [0.25, 0.3) is 0 Å². The fourth-order valence-corrected chi connectivity index (χ4v) is 6.54. The molecule has 0 radical (unpaired) electrons. The molecule has 6 rings (SSSR count). The van der Waals surface area contributed by atoms with Gasteiger partial charge in [0.05, 0.1) is 5.41 Å². The number of benzene rings is 2. The molecule has 0 aromatic heterocycles. The summed E-state index contributed by atoms with van der Waals surface area (Å²) < 4.78 is 0. The van der Waals surface area contributed by atoms with Gasteiger partial charge in [-0.05, 0) is 60.8 Å². The van der Waals surface area contributed by atoms with Crippen molar-refractivity contribution < 1.29 is 9.59 Å². The summed E-state index contributed by atoms with van der Waals surface area (Å²) in [6.45, 7) is 6.05. The molecule has 184 valence electrons. The number of piperidine rings is 1. The first-order chi connectivity index (χ1) is 17.0. The fourth-order valence-electron chi connectivity index (χ4n) is 6.42. The molecule has 2 aliphatic carbocycles. The van der Waals surface area contributed by atoms with Crippen LogP contribution in [0.1, 0.15) is 43.2 Å². The van der Waals surface area contributed by atoms with Crippen LogP contribution in [0.2, 0.25) is 5.02 Å². The summed E-state index contributed by atoms with van der Waals surface area (Å²) in [5, 5.41) is 0.707. The van der Waals surface area contributed by atoms with Crippen LogP contribution in [0.15, 0.2) is 54.6 Å². The molecule has 4 aliphatic rings. The Hall–Kier alpha value is -2.37. The van der Waals surface area contributed by atoms with Gasteiger partial charge in [0, 0.05) is 56.8 Å². The van der Waals surface area contributed by atoms with Crippen molar-refractivity contribution in [1.82, 2.24) is 14.7 Å². The summed E-state index contributed by atoms with van der Waals surface area (Å²) in [6.07, 6.45) is 4.76. The zero-order valence-electron chi connectivity index (χ0n) is 20.3. The van der Waals surface area contributed by atoms with Crippen LogP contribution >= 0.6 is 11.6 Å². The van der Waals surface area contributed by atoms with Crippen LogP contribution in [0.25, 0.3) is 0 Å². The maximum absolute atomic E-state index is 13.4. The Balaban J connectivity index is 1.000. The molecule has 2 saturated heterocycles. The second kappa shape index (κ2) is 8.94. The first-order valence-electron chi connectivity index (χ1n) is 13.1. The lowest BCUT2D eigenvalue weighted by Gasteiger charge is -2.37. The zero-order valence-corrected chi connectivity index (χ0v) is 21.1. The van der Waals surface area contributed by atoms with Gasteiger partial charge in [0.15, 0.2) is 0 Å². The van der Waals surface area contributed by atoms with Crippen molar-refractivity contribution >= 4 is 23.4 Å². The molecule has 0 N–H and O–H groups in total. The van der Waals surface area contributed by atoms with Crippen molar-refractivity contribution in [3.63, 3.8) is 0 Å². The average Bonchev–Trinajstić information content (AvgIpc) is 3.82. The Labute approximate surface area is 213 Å². The van der Waals surface area contributed by atoms with Gasteiger partial charge in [-0.3, -0.25) is 14.5 Å². The Kier molecular flexibility index (Phi) is 5.89. The third-order valence-electron chi connectivity index (χ3n) is 9.02. The second-order valence-electron chi connectivity index (χ2n) is 11.1. The average molecular weight is 492 g/mol. The summed E-state index contributed by atoms with van der Waals surface area (Å²) in [5.41, 5.74) is 2.22. The molecular formula is C29H34ClN3O2. The smallest absolute Gasteiger partial charge is 0.233 e. The highest BCUT2D eigenvalue weighted by atomic mass is 35.5. The van der Waals surface area contributed by atoms with E-state index in [0.717, 1.165) is 83.5 Å².